The van der Waals surface area contributed by atoms with Gasteiger partial charge in [-0.2, -0.15) is 0 Å². The molecule has 21 heavy (non-hydrogen) atoms. The van der Waals surface area contributed by atoms with Crippen LogP contribution < -0.4 is 11.1 Å². The van der Waals surface area contributed by atoms with Crippen molar-refractivity contribution in [1.29, 1.82) is 0 Å². The molecule has 0 fully saturated rings. The van der Waals surface area contributed by atoms with Gasteiger partial charge in [-0.25, -0.2) is 0 Å². The third-order valence-electron chi connectivity index (χ3n) is 3.16. The molecule has 2 aromatic rings. The molecule has 0 aliphatic heterocycles. The maximum absolute atomic E-state index is 12.1. The molecule has 0 saturated heterocycles. The van der Waals surface area contributed by atoms with Crippen molar-refractivity contribution in [3.63, 3.8) is 0 Å². The summed E-state index contributed by atoms with van der Waals surface area (Å²) in [7, 11) is 0. The summed E-state index contributed by atoms with van der Waals surface area (Å²) in [6.07, 6.45) is 0.251. The monoisotopic (exact) mass is 366 g/mol. The Morgan fingerprint density at radius 2 is 1.86 bits per heavy atom. The second kappa shape index (κ2) is 6.41. The van der Waals surface area contributed by atoms with Gasteiger partial charge < -0.3 is 11.1 Å². The fourth-order valence-corrected chi connectivity index (χ4v) is 3.32. The van der Waals surface area contributed by atoms with Gasteiger partial charge in [0, 0.05) is 9.35 Å². The van der Waals surface area contributed by atoms with Crippen molar-refractivity contribution >= 4 is 44.1 Å². The summed E-state index contributed by atoms with van der Waals surface area (Å²) in [5.74, 6) is -0.683. The molecule has 2 rings (SSSR count). The fraction of sp³-hybridized carbons (Fsp3) is 0.200. The van der Waals surface area contributed by atoms with Crippen LogP contribution >= 0.6 is 27.3 Å². The summed E-state index contributed by atoms with van der Waals surface area (Å²) in [4.78, 5) is 24.6. The Bertz CT molecular complexity index is 692. The lowest BCUT2D eigenvalue weighted by atomic mass is 10.1. The van der Waals surface area contributed by atoms with Crippen molar-refractivity contribution in [2.75, 3.05) is 5.32 Å². The Morgan fingerprint density at radius 1 is 1.24 bits per heavy atom. The lowest BCUT2D eigenvalue weighted by molar-refractivity contribution is -0.115. The topological polar surface area (TPSA) is 72.2 Å². The third-order valence-corrected chi connectivity index (χ3v) is 4.81. The number of benzene rings is 1. The van der Waals surface area contributed by atoms with Crippen LogP contribution in [-0.4, -0.2) is 11.8 Å². The van der Waals surface area contributed by atoms with E-state index in [0.29, 0.717) is 10.6 Å². The summed E-state index contributed by atoms with van der Waals surface area (Å²) >= 11 is 4.72. The fourth-order valence-electron chi connectivity index (χ4n) is 1.97. The zero-order valence-corrected chi connectivity index (χ0v) is 14.1. The molecule has 0 aliphatic carbocycles. The van der Waals surface area contributed by atoms with Crippen LogP contribution in [-0.2, 0) is 11.2 Å². The zero-order valence-electron chi connectivity index (χ0n) is 11.7. The predicted molar refractivity (Wildman–Crippen MR) is 88.8 cm³/mol. The second-order valence-electron chi connectivity index (χ2n) is 4.70. The number of nitrogens with two attached hydrogens (primary N) is 1. The maximum Gasteiger partial charge on any atom is 0.251 e. The molecule has 0 atom stereocenters. The van der Waals surface area contributed by atoms with Crippen LogP contribution in [0.15, 0.2) is 28.7 Å². The minimum atomic E-state index is -0.518. The number of carbonyl (C=O) groups is 2. The van der Waals surface area contributed by atoms with Gasteiger partial charge in [-0.05, 0) is 37.1 Å². The molecule has 0 aliphatic rings. The van der Waals surface area contributed by atoms with E-state index >= 15 is 0 Å². The number of anilines is 1. The van der Waals surface area contributed by atoms with Gasteiger partial charge in [-0.15, -0.1) is 11.3 Å². The molecule has 0 bridgehead atoms. The molecule has 3 N–H and O–H groups in total. The highest BCUT2D eigenvalue weighted by molar-refractivity contribution is 9.10. The van der Waals surface area contributed by atoms with Crippen molar-refractivity contribution in [3.05, 3.63) is 50.3 Å². The second-order valence-corrected chi connectivity index (χ2v) is 6.84. The van der Waals surface area contributed by atoms with E-state index in [0.717, 1.165) is 20.5 Å². The largest absolute Gasteiger partial charge is 0.365 e. The Kier molecular flexibility index (Phi) is 4.80. The van der Waals surface area contributed by atoms with Gasteiger partial charge in [0.25, 0.3) is 5.91 Å². The molecule has 0 saturated carbocycles. The van der Waals surface area contributed by atoms with E-state index in [1.165, 1.54) is 11.3 Å². The van der Waals surface area contributed by atoms with E-state index in [4.69, 9.17) is 5.73 Å². The zero-order chi connectivity index (χ0) is 15.6. The summed E-state index contributed by atoms with van der Waals surface area (Å²) in [5, 5.41) is 3.31. The first kappa shape index (κ1) is 15.7. The number of rotatable bonds is 4. The van der Waals surface area contributed by atoms with E-state index in [1.54, 1.807) is 0 Å². The van der Waals surface area contributed by atoms with Crippen molar-refractivity contribution in [2.24, 2.45) is 5.73 Å². The summed E-state index contributed by atoms with van der Waals surface area (Å²) in [6.45, 7) is 3.73. The average molecular weight is 367 g/mol. The molecular formula is C15H15BrN2O2S. The number of primary amides is 1. The van der Waals surface area contributed by atoms with E-state index in [1.807, 2.05) is 38.1 Å². The summed E-state index contributed by atoms with van der Waals surface area (Å²) < 4.78 is 0.965. The molecule has 4 nitrogen and oxygen atoms in total. The van der Waals surface area contributed by atoms with Crippen LogP contribution in [0.2, 0.25) is 0 Å². The molecule has 2 amide bonds. The van der Waals surface area contributed by atoms with Crippen LogP contribution in [0.1, 0.15) is 26.4 Å². The van der Waals surface area contributed by atoms with Crippen molar-refractivity contribution in [1.82, 2.24) is 0 Å². The molecule has 1 heterocycles. The molecular weight excluding hydrogens is 352 g/mol. The normalized spacial score (nSPS) is 10.4. The van der Waals surface area contributed by atoms with Gasteiger partial charge in [0.15, 0.2) is 0 Å². The van der Waals surface area contributed by atoms with Gasteiger partial charge in [-0.1, -0.05) is 28.1 Å². The smallest absolute Gasteiger partial charge is 0.251 e. The number of nitrogens with one attached hydrogen (secondary N) is 1. The van der Waals surface area contributed by atoms with Crippen molar-refractivity contribution < 1.29 is 9.59 Å². The third kappa shape index (κ3) is 3.71. The van der Waals surface area contributed by atoms with Gasteiger partial charge in [0.2, 0.25) is 5.91 Å². The first-order valence-electron chi connectivity index (χ1n) is 6.32. The minimum Gasteiger partial charge on any atom is -0.365 e. The number of halogens is 1. The molecule has 1 aromatic carbocycles. The molecule has 110 valence electrons. The molecule has 0 radical (unpaired) electrons. The Morgan fingerprint density at radius 3 is 2.43 bits per heavy atom. The van der Waals surface area contributed by atoms with Crippen LogP contribution in [0.5, 0.6) is 0 Å². The minimum absolute atomic E-state index is 0.166. The first-order valence-corrected chi connectivity index (χ1v) is 7.93. The van der Waals surface area contributed by atoms with E-state index in [9.17, 15) is 9.59 Å². The van der Waals surface area contributed by atoms with E-state index in [2.05, 4.69) is 21.2 Å². The quantitative estimate of drug-likeness (QED) is 0.869. The molecule has 0 spiro atoms. The number of carbonyl (C=O) groups excluding carboxylic acids is 2. The molecule has 0 unspecified atom stereocenters. The van der Waals surface area contributed by atoms with Gasteiger partial charge in [-0.3, -0.25) is 9.59 Å². The Hall–Kier alpha value is -1.66. The highest BCUT2D eigenvalue weighted by Crippen LogP contribution is 2.32. The number of hydrogen-bond acceptors (Lipinski definition) is 3. The highest BCUT2D eigenvalue weighted by atomic mass is 79.9. The van der Waals surface area contributed by atoms with Gasteiger partial charge in [0.05, 0.1) is 12.0 Å². The van der Waals surface area contributed by atoms with Crippen LogP contribution in [0.25, 0.3) is 0 Å². The van der Waals surface area contributed by atoms with Crippen LogP contribution in [0.3, 0.4) is 0 Å². The number of aryl methyl sites for hydroxylation is 1. The average Bonchev–Trinajstić information content (AvgIpc) is 2.67. The van der Waals surface area contributed by atoms with Gasteiger partial charge in [0.1, 0.15) is 5.00 Å². The Labute approximate surface area is 135 Å². The first-order chi connectivity index (χ1) is 9.88. The van der Waals surface area contributed by atoms with Crippen LogP contribution in [0.4, 0.5) is 5.00 Å². The number of amides is 2. The maximum atomic E-state index is 12.1. The summed E-state index contributed by atoms with van der Waals surface area (Å²) in [5.41, 5.74) is 7.52. The SMILES string of the molecule is Cc1sc(NC(=O)Cc2ccc(Br)cc2)c(C(N)=O)c1C. The molecule has 1 aromatic heterocycles. The van der Waals surface area contributed by atoms with Crippen molar-refractivity contribution in [2.45, 2.75) is 20.3 Å². The Balaban J connectivity index is 2.15. The standard InChI is InChI=1S/C15H15BrN2O2S/c1-8-9(2)21-15(13(8)14(17)20)18-12(19)7-10-3-5-11(16)6-4-10/h3-6H,7H2,1-2H3,(H2,17,20)(H,18,19). The number of thiophene rings is 1. The van der Waals surface area contributed by atoms with Crippen molar-refractivity contribution in [3.8, 4) is 0 Å². The van der Waals surface area contributed by atoms with E-state index in [-0.39, 0.29) is 12.3 Å². The van der Waals surface area contributed by atoms with Gasteiger partial charge >= 0.3 is 0 Å². The van der Waals surface area contributed by atoms with Crippen LogP contribution in [0, 0.1) is 13.8 Å². The lowest BCUT2D eigenvalue weighted by Crippen LogP contribution is -2.18. The summed E-state index contributed by atoms with van der Waals surface area (Å²) in [6, 6.07) is 7.53. The molecule has 6 heteroatoms. The van der Waals surface area contributed by atoms with E-state index < -0.39 is 5.91 Å². The lowest BCUT2D eigenvalue weighted by Gasteiger charge is -2.05. The number of hydrogen-bond donors (Lipinski definition) is 2. The predicted octanol–water partition coefficient (Wildman–Crippen LogP) is 3.41. The highest BCUT2D eigenvalue weighted by Gasteiger charge is 2.18.